The SMILES string of the molecule is COc1cc(C2(CCC(=O)N3CC4CCC(C3)N4c3ccc(C#N)cn3)CCC2)ccn1. The highest BCUT2D eigenvalue weighted by Crippen LogP contribution is 2.48. The fraction of sp³-hybridized carbons (Fsp3) is 0.520. The van der Waals surface area contributed by atoms with E-state index in [2.05, 4.69) is 31.9 Å². The Morgan fingerprint density at radius 2 is 2.00 bits per heavy atom. The van der Waals surface area contributed by atoms with Crippen molar-refractivity contribution in [3.8, 4) is 11.9 Å². The van der Waals surface area contributed by atoms with Gasteiger partial charge in [0.15, 0.2) is 0 Å². The number of carbonyl (C=O) groups excluding carboxylic acids is 1. The predicted molar refractivity (Wildman–Crippen MR) is 120 cm³/mol. The average Bonchev–Trinajstić information content (AvgIpc) is 3.07. The Morgan fingerprint density at radius 3 is 2.59 bits per heavy atom. The zero-order chi connectivity index (χ0) is 22.1. The lowest BCUT2D eigenvalue weighted by Gasteiger charge is -2.44. The minimum atomic E-state index is 0.0824. The van der Waals surface area contributed by atoms with Crippen LogP contribution in [0.25, 0.3) is 0 Å². The lowest BCUT2D eigenvalue weighted by atomic mass is 9.62. The van der Waals surface area contributed by atoms with E-state index in [-0.39, 0.29) is 11.3 Å². The van der Waals surface area contributed by atoms with E-state index in [1.165, 1.54) is 12.0 Å². The third-order valence-corrected chi connectivity index (χ3v) is 7.66. The van der Waals surface area contributed by atoms with Crippen molar-refractivity contribution >= 4 is 11.7 Å². The first-order valence-electron chi connectivity index (χ1n) is 11.5. The fourth-order valence-electron chi connectivity index (χ4n) is 5.73. The number of ether oxygens (including phenoxy) is 1. The first-order valence-corrected chi connectivity index (χ1v) is 11.5. The monoisotopic (exact) mass is 431 g/mol. The zero-order valence-corrected chi connectivity index (χ0v) is 18.5. The molecule has 2 unspecified atom stereocenters. The van der Waals surface area contributed by atoms with Crippen LogP contribution in [-0.4, -0.2) is 53.1 Å². The quantitative estimate of drug-likeness (QED) is 0.697. The van der Waals surface area contributed by atoms with Gasteiger partial charge in [-0.05, 0) is 61.3 Å². The van der Waals surface area contributed by atoms with Gasteiger partial charge in [-0.15, -0.1) is 0 Å². The second-order valence-electron chi connectivity index (χ2n) is 9.33. The van der Waals surface area contributed by atoms with Crippen LogP contribution < -0.4 is 9.64 Å². The highest BCUT2D eigenvalue weighted by molar-refractivity contribution is 5.77. The van der Waals surface area contributed by atoms with E-state index < -0.39 is 0 Å². The largest absolute Gasteiger partial charge is 0.481 e. The molecule has 3 aliphatic rings. The van der Waals surface area contributed by atoms with Gasteiger partial charge in [0, 0.05) is 50.1 Å². The fourth-order valence-corrected chi connectivity index (χ4v) is 5.73. The van der Waals surface area contributed by atoms with E-state index in [9.17, 15) is 4.79 Å². The van der Waals surface area contributed by atoms with Gasteiger partial charge in [-0.25, -0.2) is 9.97 Å². The summed E-state index contributed by atoms with van der Waals surface area (Å²) in [4.78, 5) is 26.4. The Morgan fingerprint density at radius 1 is 1.22 bits per heavy atom. The van der Waals surface area contributed by atoms with E-state index in [1.54, 1.807) is 13.3 Å². The first kappa shape index (κ1) is 20.7. The van der Waals surface area contributed by atoms with Gasteiger partial charge in [0.2, 0.25) is 11.8 Å². The minimum absolute atomic E-state index is 0.0824. The summed E-state index contributed by atoms with van der Waals surface area (Å²) in [7, 11) is 1.64. The number of likely N-dealkylation sites (tertiary alicyclic amines) is 1. The number of nitrogens with zero attached hydrogens (tertiary/aromatic N) is 5. The van der Waals surface area contributed by atoms with Gasteiger partial charge in [-0.1, -0.05) is 6.42 Å². The highest BCUT2D eigenvalue weighted by Gasteiger charge is 2.43. The molecule has 7 nitrogen and oxygen atoms in total. The number of fused-ring (bicyclic) bond motifs is 2. The van der Waals surface area contributed by atoms with Crippen LogP contribution in [0.5, 0.6) is 5.88 Å². The Balaban J connectivity index is 1.23. The molecule has 2 aromatic heterocycles. The van der Waals surface area contributed by atoms with Gasteiger partial charge in [0.05, 0.1) is 12.7 Å². The van der Waals surface area contributed by atoms with Crippen molar-refractivity contribution in [3.05, 3.63) is 47.8 Å². The van der Waals surface area contributed by atoms with Crippen molar-refractivity contribution in [2.75, 3.05) is 25.1 Å². The molecular weight excluding hydrogens is 402 g/mol. The number of rotatable bonds is 6. The number of pyridine rings is 2. The molecule has 2 aliphatic heterocycles. The van der Waals surface area contributed by atoms with Gasteiger partial charge < -0.3 is 14.5 Å². The summed E-state index contributed by atoms with van der Waals surface area (Å²) in [5.41, 5.74) is 1.91. The maximum Gasteiger partial charge on any atom is 0.222 e. The Bertz CT molecular complexity index is 1010. The molecule has 1 aliphatic carbocycles. The molecule has 32 heavy (non-hydrogen) atoms. The molecule has 1 saturated carbocycles. The highest BCUT2D eigenvalue weighted by atomic mass is 16.5. The molecule has 0 radical (unpaired) electrons. The van der Waals surface area contributed by atoms with Gasteiger partial charge in [-0.3, -0.25) is 4.79 Å². The molecule has 0 N–H and O–H groups in total. The zero-order valence-electron chi connectivity index (χ0n) is 18.5. The van der Waals surface area contributed by atoms with E-state index in [0.717, 1.165) is 51.0 Å². The maximum absolute atomic E-state index is 13.2. The van der Waals surface area contributed by atoms with Crippen molar-refractivity contribution in [2.45, 2.75) is 62.4 Å². The average molecular weight is 432 g/mol. The van der Waals surface area contributed by atoms with Crippen LogP contribution in [0, 0.1) is 11.3 Å². The van der Waals surface area contributed by atoms with Crippen molar-refractivity contribution in [2.24, 2.45) is 0 Å². The molecule has 0 spiro atoms. The molecule has 2 aromatic rings. The number of hydrogen-bond donors (Lipinski definition) is 0. The summed E-state index contributed by atoms with van der Waals surface area (Å²) in [5, 5.41) is 9.02. The summed E-state index contributed by atoms with van der Waals surface area (Å²) < 4.78 is 5.32. The van der Waals surface area contributed by atoms with Gasteiger partial charge in [0.25, 0.3) is 0 Å². The van der Waals surface area contributed by atoms with Crippen LogP contribution in [0.2, 0.25) is 0 Å². The standard InChI is InChI=1S/C25H29N5O2/c1-32-23-13-19(8-12-27-23)25(9-2-10-25)11-7-24(31)29-16-20-4-5-21(17-29)30(20)22-6-3-18(14-26)15-28-22/h3,6,8,12-13,15,20-21H,2,4-5,7,9-11,16-17H2,1H3. The normalized spacial score (nSPS) is 23.4. The van der Waals surface area contributed by atoms with Crippen molar-refractivity contribution in [1.82, 2.24) is 14.9 Å². The van der Waals surface area contributed by atoms with Crippen LogP contribution in [0.4, 0.5) is 5.82 Å². The van der Waals surface area contributed by atoms with Gasteiger partial charge in [0.1, 0.15) is 11.9 Å². The maximum atomic E-state index is 13.2. The number of methoxy groups -OCH3 is 1. The Kier molecular flexibility index (Phi) is 5.46. The molecular formula is C25H29N5O2. The molecule has 7 heteroatoms. The third kappa shape index (κ3) is 3.68. The van der Waals surface area contributed by atoms with Crippen LogP contribution in [-0.2, 0) is 10.2 Å². The summed E-state index contributed by atoms with van der Waals surface area (Å²) in [6.07, 6.45) is 10.5. The summed E-state index contributed by atoms with van der Waals surface area (Å²) in [5.74, 6) is 1.83. The minimum Gasteiger partial charge on any atom is -0.481 e. The molecule has 1 amide bonds. The Labute approximate surface area is 189 Å². The summed E-state index contributed by atoms with van der Waals surface area (Å²) in [6, 6.07) is 10.6. The molecule has 2 saturated heterocycles. The van der Waals surface area contributed by atoms with Crippen molar-refractivity contribution in [3.63, 3.8) is 0 Å². The number of carbonyl (C=O) groups is 1. The van der Waals surface area contributed by atoms with E-state index in [1.807, 2.05) is 24.4 Å². The second kappa shape index (κ2) is 8.42. The number of amides is 1. The number of nitriles is 1. The summed E-state index contributed by atoms with van der Waals surface area (Å²) >= 11 is 0. The van der Waals surface area contributed by atoms with Gasteiger partial charge >= 0.3 is 0 Å². The molecule has 2 bridgehead atoms. The molecule has 2 atom stereocenters. The third-order valence-electron chi connectivity index (χ3n) is 7.66. The van der Waals surface area contributed by atoms with E-state index in [0.29, 0.717) is 29.9 Å². The van der Waals surface area contributed by atoms with E-state index >= 15 is 0 Å². The van der Waals surface area contributed by atoms with Crippen LogP contribution in [0.15, 0.2) is 36.7 Å². The number of piperazine rings is 1. The molecule has 5 rings (SSSR count). The number of hydrogen-bond acceptors (Lipinski definition) is 6. The summed E-state index contributed by atoms with van der Waals surface area (Å²) in [6.45, 7) is 1.51. The van der Waals surface area contributed by atoms with Crippen LogP contribution >= 0.6 is 0 Å². The van der Waals surface area contributed by atoms with Crippen molar-refractivity contribution in [1.29, 1.82) is 5.26 Å². The predicted octanol–water partition coefficient (Wildman–Crippen LogP) is 3.44. The Hall–Kier alpha value is -3.14. The van der Waals surface area contributed by atoms with Gasteiger partial charge in [-0.2, -0.15) is 5.26 Å². The smallest absolute Gasteiger partial charge is 0.222 e. The lowest BCUT2D eigenvalue weighted by molar-refractivity contribution is -0.132. The number of anilines is 1. The van der Waals surface area contributed by atoms with Crippen LogP contribution in [0.1, 0.15) is 56.1 Å². The number of aromatic nitrogens is 2. The molecule has 4 heterocycles. The molecule has 3 fully saturated rings. The second-order valence-corrected chi connectivity index (χ2v) is 9.33. The topological polar surface area (TPSA) is 82.4 Å². The molecule has 0 aromatic carbocycles. The lowest BCUT2D eigenvalue weighted by Crippen LogP contribution is -2.56. The van der Waals surface area contributed by atoms with Crippen LogP contribution in [0.3, 0.4) is 0 Å². The molecule has 166 valence electrons. The van der Waals surface area contributed by atoms with Crippen molar-refractivity contribution < 1.29 is 9.53 Å². The first-order chi connectivity index (χ1) is 15.6. The van der Waals surface area contributed by atoms with E-state index in [4.69, 9.17) is 10.00 Å².